The standard InChI is InChI=1S/C10H16O3/c1-7(11)8(9(12)13)6-10(2)4-3-5-10/h8H,3-6H2,1-2H3,(H,12,13). The molecule has 1 fully saturated rings. The molecule has 0 aliphatic heterocycles. The molecule has 0 aromatic heterocycles. The van der Waals surface area contributed by atoms with Gasteiger partial charge in [-0.3, -0.25) is 9.59 Å². The fourth-order valence-electron chi connectivity index (χ4n) is 1.88. The van der Waals surface area contributed by atoms with E-state index in [1.807, 2.05) is 0 Å². The zero-order chi connectivity index (χ0) is 10.1. The normalized spacial score (nSPS) is 21.7. The number of aliphatic carboxylic acids is 1. The van der Waals surface area contributed by atoms with E-state index in [0.29, 0.717) is 6.42 Å². The van der Waals surface area contributed by atoms with Crippen LogP contribution in [0.25, 0.3) is 0 Å². The third kappa shape index (κ3) is 2.29. The summed E-state index contributed by atoms with van der Waals surface area (Å²) >= 11 is 0. The van der Waals surface area contributed by atoms with Crippen molar-refractivity contribution in [3.8, 4) is 0 Å². The molecule has 0 aromatic rings. The Hall–Kier alpha value is -0.860. The first-order valence-electron chi connectivity index (χ1n) is 4.68. The number of carbonyl (C=O) groups excluding carboxylic acids is 1. The van der Waals surface area contributed by atoms with Gasteiger partial charge < -0.3 is 5.11 Å². The van der Waals surface area contributed by atoms with Crippen molar-refractivity contribution in [3.05, 3.63) is 0 Å². The lowest BCUT2D eigenvalue weighted by Gasteiger charge is -2.39. The van der Waals surface area contributed by atoms with Gasteiger partial charge in [-0.1, -0.05) is 13.3 Å². The second kappa shape index (κ2) is 3.48. The highest BCUT2D eigenvalue weighted by Crippen LogP contribution is 2.45. The summed E-state index contributed by atoms with van der Waals surface area (Å²) in [5, 5.41) is 8.81. The van der Waals surface area contributed by atoms with E-state index in [1.54, 1.807) is 0 Å². The van der Waals surface area contributed by atoms with Gasteiger partial charge in [0.25, 0.3) is 0 Å². The maximum atomic E-state index is 11.0. The Morgan fingerprint density at radius 3 is 2.23 bits per heavy atom. The summed E-state index contributed by atoms with van der Waals surface area (Å²) in [6, 6.07) is 0. The molecular weight excluding hydrogens is 168 g/mol. The summed E-state index contributed by atoms with van der Waals surface area (Å²) < 4.78 is 0. The topological polar surface area (TPSA) is 54.4 Å². The summed E-state index contributed by atoms with van der Waals surface area (Å²) in [6.45, 7) is 3.43. The van der Waals surface area contributed by atoms with Crippen LogP contribution >= 0.6 is 0 Å². The van der Waals surface area contributed by atoms with Crippen LogP contribution in [0.3, 0.4) is 0 Å². The SMILES string of the molecule is CC(=O)C(CC1(C)CCC1)C(=O)O. The van der Waals surface area contributed by atoms with Gasteiger partial charge >= 0.3 is 5.97 Å². The number of ketones is 1. The summed E-state index contributed by atoms with van der Waals surface area (Å²) in [7, 11) is 0. The Morgan fingerprint density at radius 2 is 2.00 bits per heavy atom. The van der Waals surface area contributed by atoms with E-state index in [0.717, 1.165) is 12.8 Å². The minimum atomic E-state index is -0.972. The van der Waals surface area contributed by atoms with Crippen LogP contribution in [0.1, 0.15) is 39.5 Å². The minimum Gasteiger partial charge on any atom is -0.481 e. The lowest BCUT2D eigenvalue weighted by molar-refractivity contribution is -0.147. The zero-order valence-corrected chi connectivity index (χ0v) is 8.17. The summed E-state index contributed by atoms with van der Waals surface area (Å²) in [5.74, 6) is -1.98. The first-order chi connectivity index (χ1) is 5.94. The molecule has 0 spiro atoms. The highest BCUT2D eigenvalue weighted by molar-refractivity contribution is 5.96. The quantitative estimate of drug-likeness (QED) is 0.678. The average molecular weight is 184 g/mol. The van der Waals surface area contributed by atoms with E-state index in [9.17, 15) is 9.59 Å². The first-order valence-corrected chi connectivity index (χ1v) is 4.68. The van der Waals surface area contributed by atoms with Crippen molar-refractivity contribution in [3.63, 3.8) is 0 Å². The Bertz CT molecular complexity index is 214. The molecule has 1 saturated carbocycles. The number of Topliss-reactive ketones (excluding diaryl/α,β-unsaturated/α-hetero) is 1. The van der Waals surface area contributed by atoms with Crippen LogP contribution in [0.4, 0.5) is 0 Å². The number of hydrogen-bond acceptors (Lipinski definition) is 2. The lowest BCUT2D eigenvalue weighted by atomic mass is 9.65. The van der Waals surface area contributed by atoms with Crippen LogP contribution < -0.4 is 0 Å². The molecule has 0 amide bonds. The monoisotopic (exact) mass is 184 g/mol. The van der Waals surface area contributed by atoms with Gasteiger partial charge in [0.2, 0.25) is 0 Å². The molecule has 0 radical (unpaired) electrons. The van der Waals surface area contributed by atoms with E-state index in [2.05, 4.69) is 6.92 Å². The van der Waals surface area contributed by atoms with Crippen LogP contribution in [0.5, 0.6) is 0 Å². The third-order valence-corrected chi connectivity index (χ3v) is 3.05. The van der Waals surface area contributed by atoms with Crippen LogP contribution in [0.15, 0.2) is 0 Å². The molecule has 1 unspecified atom stereocenters. The molecule has 1 rings (SSSR count). The fourth-order valence-corrected chi connectivity index (χ4v) is 1.88. The molecule has 3 nitrogen and oxygen atoms in total. The second-order valence-corrected chi connectivity index (χ2v) is 4.37. The Morgan fingerprint density at radius 1 is 1.46 bits per heavy atom. The van der Waals surface area contributed by atoms with Crippen LogP contribution in [-0.2, 0) is 9.59 Å². The van der Waals surface area contributed by atoms with Crippen molar-refractivity contribution in [2.45, 2.75) is 39.5 Å². The van der Waals surface area contributed by atoms with E-state index < -0.39 is 11.9 Å². The highest BCUT2D eigenvalue weighted by Gasteiger charge is 2.38. The number of carboxylic acids is 1. The van der Waals surface area contributed by atoms with Gasteiger partial charge in [-0.15, -0.1) is 0 Å². The molecule has 0 aromatic carbocycles. The van der Waals surface area contributed by atoms with Gasteiger partial charge in [-0.2, -0.15) is 0 Å². The van der Waals surface area contributed by atoms with E-state index in [-0.39, 0.29) is 11.2 Å². The molecule has 0 saturated heterocycles. The summed E-state index contributed by atoms with van der Waals surface area (Å²) in [4.78, 5) is 21.8. The van der Waals surface area contributed by atoms with Gasteiger partial charge in [-0.05, 0) is 31.6 Å². The fraction of sp³-hybridized carbons (Fsp3) is 0.800. The summed E-state index contributed by atoms with van der Waals surface area (Å²) in [5.41, 5.74) is 0.106. The van der Waals surface area contributed by atoms with Crippen molar-refractivity contribution in [1.29, 1.82) is 0 Å². The molecular formula is C10H16O3. The Balaban J connectivity index is 2.57. The lowest BCUT2D eigenvalue weighted by Crippen LogP contribution is -2.33. The van der Waals surface area contributed by atoms with Crippen molar-refractivity contribution in [2.75, 3.05) is 0 Å². The molecule has 13 heavy (non-hydrogen) atoms. The van der Waals surface area contributed by atoms with Crippen molar-refractivity contribution < 1.29 is 14.7 Å². The minimum absolute atomic E-state index is 0.106. The van der Waals surface area contributed by atoms with Gasteiger partial charge in [0.1, 0.15) is 11.7 Å². The number of carboxylic acid groups (broad SMARTS) is 1. The number of hydrogen-bond donors (Lipinski definition) is 1. The molecule has 1 aliphatic carbocycles. The molecule has 3 heteroatoms. The molecule has 74 valence electrons. The Labute approximate surface area is 78.1 Å². The van der Waals surface area contributed by atoms with E-state index in [4.69, 9.17) is 5.11 Å². The van der Waals surface area contributed by atoms with Gasteiger partial charge in [0.05, 0.1) is 0 Å². The maximum absolute atomic E-state index is 11.0. The van der Waals surface area contributed by atoms with Crippen LogP contribution in [0, 0.1) is 11.3 Å². The van der Waals surface area contributed by atoms with Crippen LogP contribution in [-0.4, -0.2) is 16.9 Å². The van der Waals surface area contributed by atoms with E-state index >= 15 is 0 Å². The molecule has 0 heterocycles. The molecule has 0 bridgehead atoms. The Kier molecular flexibility index (Phi) is 2.74. The van der Waals surface area contributed by atoms with Crippen molar-refractivity contribution >= 4 is 11.8 Å². The van der Waals surface area contributed by atoms with Gasteiger partial charge in [0.15, 0.2) is 0 Å². The predicted octanol–water partition coefficient (Wildman–Crippen LogP) is 1.86. The zero-order valence-electron chi connectivity index (χ0n) is 8.17. The van der Waals surface area contributed by atoms with Gasteiger partial charge in [0, 0.05) is 0 Å². The maximum Gasteiger partial charge on any atom is 0.314 e. The number of carbonyl (C=O) groups is 2. The number of rotatable bonds is 4. The average Bonchev–Trinajstić information content (AvgIpc) is 1.95. The second-order valence-electron chi connectivity index (χ2n) is 4.37. The molecule has 1 atom stereocenters. The third-order valence-electron chi connectivity index (χ3n) is 3.05. The van der Waals surface area contributed by atoms with Crippen LogP contribution in [0.2, 0.25) is 0 Å². The molecule has 1 N–H and O–H groups in total. The summed E-state index contributed by atoms with van der Waals surface area (Å²) in [6.07, 6.45) is 3.80. The molecule has 1 aliphatic rings. The van der Waals surface area contributed by atoms with Gasteiger partial charge in [-0.25, -0.2) is 0 Å². The van der Waals surface area contributed by atoms with Crippen molar-refractivity contribution in [2.24, 2.45) is 11.3 Å². The smallest absolute Gasteiger partial charge is 0.314 e. The predicted molar refractivity (Wildman–Crippen MR) is 48.4 cm³/mol. The van der Waals surface area contributed by atoms with Crippen molar-refractivity contribution in [1.82, 2.24) is 0 Å². The largest absolute Gasteiger partial charge is 0.481 e. The van der Waals surface area contributed by atoms with E-state index in [1.165, 1.54) is 13.3 Å². The highest BCUT2D eigenvalue weighted by atomic mass is 16.4. The first kappa shape index (κ1) is 10.2.